The van der Waals surface area contributed by atoms with Gasteiger partial charge in [0, 0.05) is 34.8 Å². The van der Waals surface area contributed by atoms with Gasteiger partial charge in [-0.25, -0.2) is 9.59 Å². The van der Waals surface area contributed by atoms with Crippen LogP contribution >= 0.6 is 11.6 Å². The van der Waals surface area contributed by atoms with Gasteiger partial charge in [-0.15, -0.1) is 0 Å². The smallest absolute Gasteiger partial charge is 0.412 e. The van der Waals surface area contributed by atoms with E-state index < -0.39 is 29.7 Å². The summed E-state index contributed by atoms with van der Waals surface area (Å²) in [6.07, 6.45) is -0.468. The maximum atomic E-state index is 14.0. The fraction of sp³-hybridized carbons (Fsp3) is 0.241. The van der Waals surface area contributed by atoms with Gasteiger partial charge in [-0.3, -0.25) is 20.2 Å². The average molecular weight is 563 g/mol. The molecule has 0 radical (unpaired) electrons. The first-order valence-corrected chi connectivity index (χ1v) is 13.1. The number of nitrogens with zero attached hydrogens (tertiary/aromatic N) is 1. The predicted octanol–water partition coefficient (Wildman–Crippen LogP) is 4.85. The Morgan fingerprint density at radius 3 is 2.55 bits per heavy atom. The van der Waals surface area contributed by atoms with Crippen molar-refractivity contribution in [3.8, 4) is 0 Å². The summed E-state index contributed by atoms with van der Waals surface area (Å²) >= 11 is 6.28. The van der Waals surface area contributed by atoms with E-state index in [0.29, 0.717) is 41.3 Å². The van der Waals surface area contributed by atoms with Crippen LogP contribution in [-0.2, 0) is 21.6 Å². The minimum Gasteiger partial charge on any atom is -0.465 e. The van der Waals surface area contributed by atoms with Crippen LogP contribution in [0.5, 0.6) is 0 Å². The Morgan fingerprint density at radius 1 is 1.07 bits per heavy atom. The van der Waals surface area contributed by atoms with Crippen LogP contribution in [0.15, 0.2) is 72.8 Å². The van der Waals surface area contributed by atoms with Crippen LogP contribution in [0.1, 0.15) is 34.3 Å². The quantitative estimate of drug-likeness (QED) is 0.339. The molecular weight excluding hydrogens is 536 g/mol. The molecule has 11 heteroatoms. The molecule has 0 aromatic heterocycles. The molecule has 0 aliphatic carbocycles. The van der Waals surface area contributed by atoms with Gasteiger partial charge in [0.05, 0.1) is 12.2 Å². The lowest BCUT2D eigenvalue weighted by molar-refractivity contribution is -0.141. The lowest BCUT2D eigenvalue weighted by Gasteiger charge is -2.45. The third-order valence-electron chi connectivity index (χ3n) is 7.05. The molecule has 0 bridgehead atoms. The third-order valence-corrected chi connectivity index (χ3v) is 7.28. The van der Waals surface area contributed by atoms with Gasteiger partial charge in [-0.2, -0.15) is 0 Å². The summed E-state index contributed by atoms with van der Waals surface area (Å²) in [6, 6.07) is 19.5. The van der Waals surface area contributed by atoms with Gasteiger partial charge in [0.2, 0.25) is 5.91 Å². The number of amides is 4. The monoisotopic (exact) mass is 562 g/mol. The number of hydrogen-bond donors (Lipinski definition) is 4. The van der Waals surface area contributed by atoms with Gasteiger partial charge >= 0.3 is 12.2 Å². The molecule has 0 saturated carbocycles. The summed E-state index contributed by atoms with van der Waals surface area (Å²) in [5.41, 5.74) is 1.68. The van der Waals surface area contributed by atoms with Crippen molar-refractivity contribution in [2.45, 2.75) is 30.9 Å². The molecule has 4 amide bonds. The molecule has 2 atom stereocenters. The molecule has 1 unspecified atom stereocenters. The Labute approximate surface area is 235 Å². The third kappa shape index (κ3) is 5.86. The number of hydrogen-bond acceptors (Lipinski definition) is 5. The van der Waals surface area contributed by atoms with E-state index in [1.54, 1.807) is 23.1 Å². The van der Waals surface area contributed by atoms with Crippen molar-refractivity contribution < 1.29 is 29.0 Å². The number of benzene rings is 3. The highest BCUT2D eigenvalue weighted by atomic mass is 35.5. The Hall–Kier alpha value is -4.57. The standard InChI is InChI=1S/C29H27ClN4O6/c30-20-9-12-23-22(16-20)29(40-28(39)33-23)13-4-14-34(17-29)26(36)24(15-18-5-2-1-3-6-18)32-25(35)19-7-10-21(11-8-19)31-27(37)38/h1-3,5-12,16,24,31H,4,13-15,17H2,(H,32,35)(H,33,39)(H,37,38)/t24-,29?/m0/s1. The van der Waals surface area contributed by atoms with E-state index >= 15 is 0 Å². The van der Waals surface area contributed by atoms with E-state index in [1.165, 1.54) is 24.3 Å². The number of piperidine rings is 1. The van der Waals surface area contributed by atoms with Crippen LogP contribution in [0, 0.1) is 0 Å². The molecule has 2 aliphatic heterocycles. The minimum atomic E-state index is -1.21. The highest BCUT2D eigenvalue weighted by Gasteiger charge is 2.47. The van der Waals surface area contributed by atoms with Crippen molar-refractivity contribution in [3.63, 3.8) is 0 Å². The van der Waals surface area contributed by atoms with Gasteiger partial charge in [-0.1, -0.05) is 41.9 Å². The number of ether oxygens (including phenoxy) is 1. The number of carbonyl (C=O) groups is 4. The zero-order valence-electron chi connectivity index (χ0n) is 21.4. The van der Waals surface area contributed by atoms with E-state index in [-0.39, 0.29) is 24.4 Å². The Morgan fingerprint density at radius 2 is 1.82 bits per heavy atom. The van der Waals surface area contributed by atoms with Crippen LogP contribution < -0.4 is 16.0 Å². The van der Waals surface area contributed by atoms with Crippen molar-refractivity contribution in [1.82, 2.24) is 10.2 Å². The van der Waals surface area contributed by atoms with Crippen LogP contribution in [-0.4, -0.2) is 53.1 Å². The van der Waals surface area contributed by atoms with Crippen molar-refractivity contribution in [3.05, 3.63) is 94.5 Å². The number of likely N-dealkylation sites (tertiary alicyclic amines) is 1. The summed E-state index contributed by atoms with van der Waals surface area (Å²) in [6.45, 7) is 0.543. The second kappa shape index (κ2) is 11.3. The number of anilines is 2. The SMILES string of the molecule is O=C(O)Nc1ccc(C(=O)N[C@@H](Cc2ccccc2)C(=O)N2CCCC3(C2)OC(=O)Nc2ccc(Cl)cc23)cc1. The first-order valence-electron chi connectivity index (χ1n) is 12.8. The number of halogens is 1. The van der Waals surface area contributed by atoms with E-state index in [0.717, 1.165) is 5.56 Å². The van der Waals surface area contributed by atoms with E-state index in [2.05, 4.69) is 16.0 Å². The van der Waals surface area contributed by atoms with Crippen molar-refractivity contribution in [2.75, 3.05) is 23.7 Å². The summed E-state index contributed by atoms with van der Waals surface area (Å²) < 4.78 is 5.83. The molecule has 2 aliphatic rings. The van der Waals surface area contributed by atoms with Crippen LogP contribution in [0.4, 0.5) is 21.0 Å². The van der Waals surface area contributed by atoms with E-state index in [4.69, 9.17) is 21.4 Å². The zero-order chi connectivity index (χ0) is 28.3. The molecule has 3 aromatic carbocycles. The van der Waals surface area contributed by atoms with E-state index in [9.17, 15) is 19.2 Å². The molecule has 5 rings (SSSR count). The summed E-state index contributed by atoms with van der Waals surface area (Å²) in [7, 11) is 0. The Balaban J connectivity index is 1.40. The molecule has 1 fully saturated rings. The Kier molecular flexibility index (Phi) is 7.61. The van der Waals surface area contributed by atoms with Gasteiger partial charge in [0.25, 0.3) is 5.91 Å². The highest BCUT2D eigenvalue weighted by molar-refractivity contribution is 6.30. The molecule has 4 N–H and O–H groups in total. The molecular formula is C29H27ClN4O6. The van der Waals surface area contributed by atoms with Crippen LogP contribution in [0.2, 0.25) is 5.02 Å². The first-order chi connectivity index (χ1) is 19.2. The summed E-state index contributed by atoms with van der Waals surface area (Å²) in [5.74, 6) is -0.785. The first kappa shape index (κ1) is 27.0. The van der Waals surface area contributed by atoms with Crippen molar-refractivity contribution in [1.29, 1.82) is 0 Å². The second-order valence-electron chi connectivity index (χ2n) is 9.79. The maximum Gasteiger partial charge on any atom is 0.412 e. The lowest BCUT2D eigenvalue weighted by Crippen LogP contribution is -2.57. The van der Waals surface area contributed by atoms with E-state index in [1.807, 2.05) is 30.3 Å². The highest BCUT2D eigenvalue weighted by Crippen LogP contribution is 2.43. The number of fused-ring (bicyclic) bond motifs is 2. The molecule has 206 valence electrons. The maximum absolute atomic E-state index is 14.0. The normalized spacial score (nSPS) is 18.6. The van der Waals surface area contributed by atoms with Gasteiger partial charge < -0.3 is 20.1 Å². The molecule has 1 spiro atoms. The number of rotatable bonds is 6. The average Bonchev–Trinajstić information content (AvgIpc) is 2.93. The predicted molar refractivity (Wildman–Crippen MR) is 149 cm³/mol. The largest absolute Gasteiger partial charge is 0.465 e. The van der Waals surface area contributed by atoms with Crippen LogP contribution in [0.25, 0.3) is 0 Å². The van der Waals surface area contributed by atoms with Gasteiger partial charge in [0.15, 0.2) is 5.60 Å². The molecule has 2 heterocycles. The van der Waals surface area contributed by atoms with Crippen LogP contribution in [0.3, 0.4) is 0 Å². The number of nitrogens with one attached hydrogen (secondary N) is 3. The Bertz CT molecular complexity index is 1450. The zero-order valence-corrected chi connectivity index (χ0v) is 22.1. The fourth-order valence-electron chi connectivity index (χ4n) is 5.22. The van der Waals surface area contributed by atoms with Gasteiger partial charge in [-0.05, 0) is 60.9 Å². The number of carboxylic acid groups (broad SMARTS) is 1. The lowest BCUT2D eigenvalue weighted by atomic mass is 9.83. The molecule has 3 aromatic rings. The molecule has 1 saturated heterocycles. The minimum absolute atomic E-state index is 0.114. The topological polar surface area (TPSA) is 137 Å². The molecule has 40 heavy (non-hydrogen) atoms. The number of carbonyl (C=O) groups excluding carboxylic acids is 3. The summed E-state index contributed by atoms with van der Waals surface area (Å²) in [4.78, 5) is 52.1. The fourth-order valence-corrected chi connectivity index (χ4v) is 5.40. The van der Waals surface area contributed by atoms with Crippen molar-refractivity contribution in [2.24, 2.45) is 0 Å². The molecule has 10 nitrogen and oxygen atoms in total. The van der Waals surface area contributed by atoms with Crippen molar-refractivity contribution >= 4 is 47.0 Å². The van der Waals surface area contributed by atoms with Gasteiger partial charge in [0.1, 0.15) is 6.04 Å². The summed E-state index contributed by atoms with van der Waals surface area (Å²) in [5, 5.41) is 17.2. The second-order valence-corrected chi connectivity index (χ2v) is 10.2.